The van der Waals surface area contributed by atoms with Gasteiger partial charge in [0.25, 0.3) is 0 Å². The summed E-state index contributed by atoms with van der Waals surface area (Å²) in [6.07, 6.45) is -17.1. The number of halogens is 30. The third-order valence-corrected chi connectivity index (χ3v) is 7.26. The molecule has 0 heterocycles. The second-order valence-corrected chi connectivity index (χ2v) is 10.9. The van der Waals surface area contributed by atoms with Gasteiger partial charge in [0.05, 0.1) is 16.8 Å². The molecule has 0 aliphatic heterocycles. The normalized spacial score (nSPS) is 15.7. The van der Waals surface area contributed by atoms with E-state index in [1.165, 1.54) is 0 Å². The standard InChI is InChI=1S/C23H8BF30NO3/c1-2-7(56)55-9-5(10(25,26)12(29,30)14(33,34)16(37,38)18(41,42)20(45,46)22(49,50)51)3-4-6(24(57)58)8(9)11(27,28)13(31,32)15(35,36)17(39,40)19(43,44)21(47,48)23(52,53)54/h2-4,57-58H,1H2,(H,55,56). The molecule has 35 heteroatoms. The Morgan fingerprint density at radius 1 is 0.466 bits per heavy atom. The van der Waals surface area contributed by atoms with E-state index >= 15 is 17.6 Å². The van der Waals surface area contributed by atoms with Crippen LogP contribution < -0.4 is 10.8 Å². The summed E-state index contributed by atoms with van der Waals surface area (Å²) in [5, 5.41) is 18.4. The predicted molar refractivity (Wildman–Crippen MR) is 124 cm³/mol. The molecule has 0 atom stereocenters. The zero-order chi connectivity index (χ0) is 47.3. The number of amides is 1. The van der Waals surface area contributed by atoms with Gasteiger partial charge in [0, 0.05) is 0 Å². The van der Waals surface area contributed by atoms with Crippen LogP contribution in [0.15, 0.2) is 24.8 Å². The fraction of sp³-hybridized carbons (Fsp3) is 0.609. The van der Waals surface area contributed by atoms with Crippen molar-refractivity contribution in [1.29, 1.82) is 0 Å². The number of nitrogens with one attached hydrogen (secondary N) is 1. The summed E-state index contributed by atoms with van der Waals surface area (Å²) in [6, 6.07) is -2.96. The van der Waals surface area contributed by atoms with Crippen LogP contribution in [0.3, 0.4) is 0 Å². The summed E-state index contributed by atoms with van der Waals surface area (Å²) in [5.41, 5.74) is -15.9. The first kappa shape index (κ1) is 52.3. The molecule has 4 nitrogen and oxygen atoms in total. The van der Waals surface area contributed by atoms with Gasteiger partial charge in [-0.2, -0.15) is 132 Å². The summed E-state index contributed by atoms with van der Waals surface area (Å²) < 4.78 is 415. The Bertz CT molecular complexity index is 1730. The Kier molecular flexibility index (Phi) is 12.6. The van der Waals surface area contributed by atoms with E-state index in [2.05, 4.69) is 6.58 Å². The largest absolute Gasteiger partial charge is 0.489 e. The lowest BCUT2D eigenvalue weighted by molar-refractivity contribution is -0.454. The zero-order valence-electron chi connectivity index (χ0n) is 25.7. The van der Waals surface area contributed by atoms with E-state index in [9.17, 15) is 129 Å². The van der Waals surface area contributed by atoms with Crippen LogP contribution in [0, 0.1) is 0 Å². The van der Waals surface area contributed by atoms with Crippen molar-refractivity contribution in [3.63, 3.8) is 0 Å². The lowest BCUT2D eigenvalue weighted by Gasteiger charge is -2.43. The Labute approximate surface area is 296 Å². The molecule has 336 valence electrons. The molecule has 0 spiro atoms. The Morgan fingerprint density at radius 2 is 0.741 bits per heavy atom. The lowest BCUT2D eigenvalue weighted by Crippen LogP contribution is -2.72. The van der Waals surface area contributed by atoms with Crippen molar-refractivity contribution in [3.05, 3.63) is 35.9 Å². The molecule has 0 radical (unpaired) electrons. The summed E-state index contributed by atoms with van der Waals surface area (Å²) in [5.74, 6) is -110. The molecule has 0 unspecified atom stereocenters. The molecular weight excluding hydrogens is 919 g/mol. The predicted octanol–water partition coefficient (Wildman–Crippen LogP) is 9.15. The molecule has 1 aromatic rings. The third-order valence-electron chi connectivity index (χ3n) is 7.26. The van der Waals surface area contributed by atoms with Crippen molar-refractivity contribution >= 4 is 24.2 Å². The molecule has 1 rings (SSSR count). The topological polar surface area (TPSA) is 69.6 Å². The first-order valence-corrected chi connectivity index (χ1v) is 13.0. The van der Waals surface area contributed by atoms with E-state index in [0.717, 1.165) is 0 Å². The van der Waals surface area contributed by atoms with Crippen LogP contribution in [-0.2, 0) is 16.6 Å². The van der Waals surface area contributed by atoms with Gasteiger partial charge in [0.15, 0.2) is 0 Å². The highest BCUT2D eigenvalue weighted by Gasteiger charge is 2.95. The minimum atomic E-state index is -9.29. The molecule has 1 amide bonds. The molecule has 0 aliphatic rings. The van der Waals surface area contributed by atoms with Crippen LogP contribution in [0.4, 0.5) is 137 Å². The smallest absolute Gasteiger partial charge is 0.423 e. The molecule has 1 aromatic carbocycles. The number of hydrogen-bond donors (Lipinski definition) is 3. The van der Waals surface area contributed by atoms with Crippen LogP contribution in [0.2, 0.25) is 0 Å². The van der Waals surface area contributed by atoms with Crippen LogP contribution in [0.25, 0.3) is 0 Å². The number of anilines is 1. The van der Waals surface area contributed by atoms with Crippen LogP contribution in [0.1, 0.15) is 11.1 Å². The number of benzene rings is 1. The van der Waals surface area contributed by atoms with E-state index in [4.69, 9.17) is 0 Å². The molecule has 0 aliphatic carbocycles. The monoisotopic (exact) mass is 927 g/mol. The Balaban J connectivity index is 4.61. The average molecular weight is 927 g/mol. The van der Waals surface area contributed by atoms with Crippen molar-refractivity contribution in [2.45, 2.75) is 83.4 Å². The highest BCUT2D eigenvalue weighted by molar-refractivity contribution is 6.59. The second-order valence-electron chi connectivity index (χ2n) is 10.9. The molecule has 0 aromatic heterocycles. The number of carbonyl (C=O) groups is 1. The minimum absolute atomic E-state index is 0.00518. The molecule has 3 N–H and O–H groups in total. The molecule has 58 heavy (non-hydrogen) atoms. The van der Waals surface area contributed by atoms with Gasteiger partial charge in [-0.15, -0.1) is 0 Å². The van der Waals surface area contributed by atoms with Gasteiger partial charge in [-0.3, -0.25) is 4.79 Å². The van der Waals surface area contributed by atoms with Gasteiger partial charge in [-0.1, -0.05) is 18.7 Å². The highest BCUT2D eigenvalue weighted by atomic mass is 19.4. The zero-order valence-corrected chi connectivity index (χ0v) is 25.7. The van der Waals surface area contributed by atoms with E-state index in [1.54, 1.807) is 0 Å². The fourth-order valence-corrected chi connectivity index (χ4v) is 4.00. The minimum Gasteiger partial charge on any atom is -0.423 e. The summed E-state index contributed by atoms with van der Waals surface area (Å²) >= 11 is 0. The molecule has 0 saturated carbocycles. The van der Waals surface area contributed by atoms with Gasteiger partial charge < -0.3 is 15.4 Å². The van der Waals surface area contributed by atoms with Crippen LogP contribution >= 0.6 is 0 Å². The van der Waals surface area contributed by atoms with E-state index in [0.29, 0.717) is 0 Å². The number of alkyl halides is 30. The summed E-state index contributed by atoms with van der Waals surface area (Å²) in [7, 11) is -4.40. The Hall–Kier alpha value is -3.69. The van der Waals surface area contributed by atoms with Gasteiger partial charge in [-0.25, -0.2) is 0 Å². The summed E-state index contributed by atoms with van der Waals surface area (Å²) in [4.78, 5) is 11.8. The Morgan fingerprint density at radius 3 is 1.02 bits per heavy atom. The lowest BCUT2D eigenvalue weighted by atomic mass is 9.71. The quantitative estimate of drug-likeness (QED) is 0.0935. The molecule has 0 bridgehead atoms. The maximum Gasteiger partial charge on any atom is 0.489 e. The average Bonchev–Trinajstić information content (AvgIpc) is 3.01. The van der Waals surface area contributed by atoms with Gasteiger partial charge in [0.1, 0.15) is 0 Å². The molecule has 0 saturated heterocycles. The maximum atomic E-state index is 15.4. The van der Waals surface area contributed by atoms with E-state index < -0.39 is 137 Å². The van der Waals surface area contributed by atoms with Crippen molar-refractivity contribution in [2.75, 3.05) is 5.32 Å². The van der Waals surface area contributed by atoms with Crippen LogP contribution in [0.5, 0.6) is 0 Å². The van der Waals surface area contributed by atoms with Gasteiger partial charge in [0.2, 0.25) is 5.91 Å². The molecular formula is C23H8BF30NO3. The van der Waals surface area contributed by atoms with Crippen LogP contribution in [-0.4, -0.2) is 94.7 Å². The second kappa shape index (κ2) is 13.9. The van der Waals surface area contributed by atoms with Gasteiger partial charge in [-0.05, 0) is 11.5 Å². The van der Waals surface area contributed by atoms with Crippen molar-refractivity contribution in [3.8, 4) is 0 Å². The number of rotatable bonds is 15. The first-order valence-electron chi connectivity index (χ1n) is 13.0. The van der Waals surface area contributed by atoms with Crippen molar-refractivity contribution in [1.82, 2.24) is 0 Å². The van der Waals surface area contributed by atoms with E-state index in [1.807, 2.05) is 0 Å². The van der Waals surface area contributed by atoms with Crippen molar-refractivity contribution < 1.29 is 147 Å². The third kappa shape index (κ3) is 6.71. The maximum absolute atomic E-state index is 15.4. The fourth-order valence-electron chi connectivity index (χ4n) is 4.00. The van der Waals surface area contributed by atoms with Gasteiger partial charge >= 0.3 is 90.5 Å². The van der Waals surface area contributed by atoms with E-state index in [-0.39, 0.29) is 5.32 Å². The number of hydrogen-bond acceptors (Lipinski definition) is 3. The molecule has 0 fully saturated rings. The number of carbonyl (C=O) groups excluding carboxylic acids is 1. The SMILES string of the molecule is C=CC(=O)Nc1c(C(F)(F)C(F)(F)C(F)(F)C(F)(F)C(F)(F)C(F)(F)C(F)(F)F)ccc(B(O)O)c1C(F)(F)C(F)(F)C(F)(F)C(F)(F)C(F)(F)C(F)(F)C(F)(F)F. The highest BCUT2D eigenvalue weighted by Crippen LogP contribution is 2.67. The first-order chi connectivity index (χ1) is 24.9. The summed E-state index contributed by atoms with van der Waals surface area (Å²) in [6.45, 7) is 2.27. The van der Waals surface area contributed by atoms with Crippen molar-refractivity contribution in [2.24, 2.45) is 0 Å².